The number of carbonyl (C=O) groups excluding carboxylic acids is 1. The average molecular weight is 332 g/mol. The number of aromatic nitrogens is 3. The molecule has 0 atom stereocenters. The summed E-state index contributed by atoms with van der Waals surface area (Å²) in [6.07, 6.45) is 3.35. The lowest BCUT2D eigenvalue weighted by Crippen LogP contribution is -2.12. The Balaban J connectivity index is 2.25. The number of hydrogen-bond acceptors (Lipinski definition) is 4. The van der Waals surface area contributed by atoms with Gasteiger partial charge in [0.2, 0.25) is 0 Å². The number of carbonyl (C=O) groups is 1. The quantitative estimate of drug-likeness (QED) is 0.700. The van der Waals surface area contributed by atoms with Gasteiger partial charge in [-0.05, 0) is 40.2 Å². The number of fused-ring (bicyclic) bond motifs is 1. The Hall–Kier alpha value is -2.41. The standard InChI is InChI=1S/C13H10BrN5O/c14-7-5-8-9(15)1-2-11(12(8)17-6-7)19-4-3-10(18-19)13(16)20/h1-6H,15H2,(H2,16,20). The number of benzene rings is 1. The molecule has 0 unspecified atom stereocenters. The van der Waals surface area contributed by atoms with Crippen molar-refractivity contribution in [1.29, 1.82) is 0 Å². The Bertz CT molecular complexity index is 827. The van der Waals surface area contributed by atoms with E-state index in [0.29, 0.717) is 11.2 Å². The Morgan fingerprint density at radius 1 is 1.30 bits per heavy atom. The predicted octanol–water partition coefficient (Wildman–Crippen LogP) is 1.86. The second-order valence-corrected chi connectivity index (χ2v) is 5.15. The minimum atomic E-state index is -0.570. The maximum Gasteiger partial charge on any atom is 0.269 e. The average Bonchev–Trinajstić information content (AvgIpc) is 2.89. The molecule has 4 N–H and O–H groups in total. The second kappa shape index (κ2) is 4.61. The topological polar surface area (TPSA) is 99.8 Å². The normalized spacial score (nSPS) is 10.8. The predicted molar refractivity (Wildman–Crippen MR) is 79.5 cm³/mol. The van der Waals surface area contributed by atoms with E-state index in [9.17, 15) is 4.79 Å². The van der Waals surface area contributed by atoms with Crippen molar-refractivity contribution in [2.75, 3.05) is 5.73 Å². The molecule has 0 radical (unpaired) electrons. The van der Waals surface area contributed by atoms with Gasteiger partial charge in [-0.25, -0.2) is 4.68 Å². The number of nitrogen functional groups attached to an aromatic ring is 1. The summed E-state index contributed by atoms with van der Waals surface area (Å²) in [4.78, 5) is 15.5. The molecule has 0 aliphatic heterocycles. The summed E-state index contributed by atoms with van der Waals surface area (Å²) < 4.78 is 2.40. The minimum Gasteiger partial charge on any atom is -0.398 e. The largest absolute Gasteiger partial charge is 0.398 e. The van der Waals surface area contributed by atoms with Gasteiger partial charge in [-0.2, -0.15) is 5.10 Å². The van der Waals surface area contributed by atoms with Crippen molar-refractivity contribution >= 4 is 38.4 Å². The van der Waals surface area contributed by atoms with Gasteiger partial charge in [0, 0.05) is 27.9 Å². The van der Waals surface area contributed by atoms with Gasteiger partial charge in [-0.15, -0.1) is 0 Å². The summed E-state index contributed by atoms with van der Waals surface area (Å²) in [5.41, 5.74) is 13.4. The molecule has 0 bridgehead atoms. The van der Waals surface area contributed by atoms with Gasteiger partial charge in [-0.3, -0.25) is 9.78 Å². The van der Waals surface area contributed by atoms with Crippen molar-refractivity contribution in [3.63, 3.8) is 0 Å². The molecule has 0 aliphatic rings. The molecule has 3 rings (SSSR count). The van der Waals surface area contributed by atoms with Crippen LogP contribution in [-0.2, 0) is 0 Å². The van der Waals surface area contributed by atoms with E-state index in [-0.39, 0.29) is 5.69 Å². The third-order valence-corrected chi connectivity index (χ3v) is 3.35. The number of primary amides is 1. The van der Waals surface area contributed by atoms with Crippen LogP contribution in [0.3, 0.4) is 0 Å². The number of nitrogens with zero attached hydrogens (tertiary/aromatic N) is 3. The fourth-order valence-corrected chi connectivity index (χ4v) is 2.31. The number of anilines is 1. The zero-order valence-corrected chi connectivity index (χ0v) is 11.8. The molecule has 0 aliphatic carbocycles. The lowest BCUT2D eigenvalue weighted by molar-refractivity contribution is 0.0995. The van der Waals surface area contributed by atoms with Crippen LogP contribution in [0.2, 0.25) is 0 Å². The summed E-state index contributed by atoms with van der Waals surface area (Å²) in [6, 6.07) is 7.02. The van der Waals surface area contributed by atoms with Crippen LogP contribution >= 0.6 is 15.9 Å². The SMILES string of the molecule is NC(=O)c1ccn(-c2ccc(N)c3cc(Br)cnc23)n1. The van der Waals surface area contributed by atoms with Crippen molar-refractivity contribution in [2.45, 2.75) is 0 Å². The highest BCUT2D eigenvalue weighted by molar-refractivity contribution is 9.10. The van der Waals surface area contributed by atoms with Crippen LogP contribution in [0.5, 0.6) is 0 Å². The summed E-state index contributed by atoms with van der Waals surface area (Å²) >= 11 is 3.37. The highest BCUT2D eigenvalue weighted by atomic mass is 79.9. The number of amides is 1. The van der Waals surface area contributed by atoms with Gasteiger partial charge in [0.25, 0.3) is 5.91 Å². The van der Waals surface area contributed by atoms with Crippen molar-refractivity contribution in [2.24, 2.45) is 5.73 Å². The van der Waals surface area contributed by atoms with Crippen molar-refractivity contribution < 1.29 is 4.79 Å². The first-order valence-electron chi connectivity index (χ1n) is 5.76. The van der Waals surface area contributed by atoms with Crippen LogP contribution in [0.25, 0.3) is 16.6 Å². The number of rotatable bonds is 2. The molecule has 3 aromatic rings. The minimum absolute atomic E-state index is 0.201. The molecule has 100 valence electrons. The van der Waals surface area contributed by atoms with Gasteiger partial charge in [0.05, 0.1) is 11.2 Å². The Morgan fingerprint density at radius 3 is 2.80 bits per heavy atom. The van der Waals surface area contributed by atoms with E-state index in [4.69, 9.17) is 11.5 Å². The van der Waals surface area contributed by atoms with Crippen molar-refractivity contribution in [3.05, 3.63) is 46.8 Å². The Morgan fingerprint density at radius 2 is 2.10 bits per heavy atom. The number of halogens is 1. The van der Waals surface area contributed by atoms with Crippen molar-refractivity contribution in [3.8, 4) is 5.69 Å². The summed E-state index contributed by atoms with van der Waals surface area (Å²) in [6.45, 7) is 0. The third kappa shape index (κ3) is 2.01. The second-order valence-electron chi connectivity index (χ2n) is 4.23. The summed E-state index contributed by atoms with van der Waals surface area (Å²) in [5, 5.41) is 4.94. The molecule has 20 heavy (non-hydrogen) atoms. The molecular formula is C13H10BrN5O. The van der Waals surface area contributed by atoms with Gasteiger partial charge < -0.3 is 11.5 Å². The first kappa shape index (κ1) is 12.6. The molecule has 1 aromatic carbocycles. The monoisotopic (exact) mass is 331 g/mol. The zero-order valence-electron chi connectivity index (χ0n) is 10.2. The number of nitrogens with two attached hydrogens (primary N) is 2. The maximum absolute atomic E-state index is 11.1. The first-order chi connectivity index (χ1) is 9.56. The van der Waals surface area contributed by atoms with Gasteiger partial charge in [-0.1, -0.05) is 0 Å². The van der Waals surface area contributed by atoms with Crippen LogP contribution in [0.4, 0.5) is 5.69 Å². The zero-order chi connectivity index (χ0) is 14.3. The fourth-order valence-electron chi connectivity index (χ4n) is 1.98. The van der Waals surface area contributed by atoms with E-state index < -0.39 is 5.91 Å². The molecule has 2 heterocycles. The third-order valence-electron chi connectivity index (χ3n) is 2.92. The molecule has 0 fully saturated rings. The van der Waals surface area contributed by atoms with E-state index >= 15 is 0 Å². The van der Waals surface area contributed by atoms with Gasteiger partial charge in [0.15, 0.2) is 0 Å². The van der Waals surface area contributed by atoms with E-state index in [1.165, 1.54) is 0 Å². The molecule has 7 heteroatoms. The highest BCUT2D eigenvalue weighted by Crippen LogP contribution is 2.27. The van der Waals surface area contributed by atoms with E-state index in [1.54, 1.807) is 35.3 Å². The molecule has 6 nitrogen and oxygen atoms in total. The molecule has 0 saturated carbocycles. The fraction of sp³-hybridized carbons (Fsp3) is 0. The molecule has 1 amide bonds. The summed E-state index contributed by atoms with van der Waals surface area (Å²) in [7, 11) is 0. The lowest BCUT2D eigenvalue weighted by atomic mass is 10.1. The number of hydrogen-bond donors (Lipinski definition) is 2. The van der Waals surface area contributed by atoms with E-state index in [1.807, 2.05) is 6.07 Å². The van der Waals surface area contributed by atoms with Crippen LogP contribution in [0.15, 0.2) is 41.1 Å². The van der Waals surface area contributed by atoms with Crippen LogP contribution in [0.1, 0.15) is 10.5 Å². The lowest BCUT2D eigenvalue weighted by Gasteiger charge is -2.08. The Kier molecular flexibility index (Phi) is 2.90. The molecule has 0 saturated heterocycles. The van der Waals surface area contributed by atoms with Crippen LogP contribution < -0.4 is 11.5 Å². The Labute approximate surface area is 122 Å². The van der Waals surface area contributed by atoms with Crippen LogP contribution in [0, 0.1) is 0 Å². The van der Waals surface area contributed by atoms with Gasteiger partial charge >= 0.3 is 0 Å². The smallest absolute Gasteiger partial charge is 0.269 e. The van der Waals surface area contributed by atoms with Gasteiger partial charge in [0.1, 0.15) is 5.69 Å². The number of pyridine rings is 1. The molecule has 0 spiro atoms. The van der Waals surface area contributed by atoms with Crippen molar-refractivity contribution in [1.82, 2.24) is 14.8 Å². The maximum atomic E-state index is 11.1. The van der Waals surface area contributed by atoms with E-state index in [0.717, 1.165) is 15.5 Å². The van der Waals surface area contributed by atoms with E-state index in [2.05, 4.69) is 26.0 Å². The molecular weight excluding hydrogens is 322 g/mol. The highest BCUT2D eigenvalue weighted by Gasteiger charge is 2.11. The summed E-state index contributed by atoms with van der Waals surface area (Å²) in [5.74, 6) is -0.570. The molecule has 2 aromatic heterocycles. The van der Waals surface area contributed by atoms with Crippen LogP contribution in [-0.4, -0.2) is 20.7 Å². The first-order valence-corrected chi connectivity index (χ1v) is 6.55.